The van der Waals surface area contributed by atoms with E-state index in [1.54, 1.807) is 0 Å². The normalized spacial score (nSPS) is 13.4. The molecule has 0 radical (unpaired) electrons. The van der Waals surface area contributed by atoms with Crippen LogP contribution in [0.5, 0.6) is 0 Å². The topological polar surface area (TPSA) is 0 Å². The van der Waals surface area contributed by atoms with Gasteiger partial charge in [-0.15, -0.1) is 23.2 Å². The number of rotatable bonds is 1. The maximum atomic E-state index is 10.8. The van der Waals surface area contributed by atoms with E-state index in [1.165, 1.54) is 0 Å². The Morgan fingerprint density at radius 1 is 1.36 bits per heavy atom. The molecule has 1 atom stereocenters. The highest BCUT2D eigenvalue weighted by Gasteiger charge is 2.22. The predicted molar refractivity (Wildman–Crippen MR) is 42.4 cm³/mol. The van der Waals surface area contributed by atoms with Gasteiger partial charge in [0.25, 0.3) is 0 Å². The molecule has 0 amide bonds. The molecule has 1 unspecified atom stereocenters. The number of alkyl halides is 5. The van der Waals surface area contributed by atoms with Crippen LogP contribution in [0.4, 0.5) is 13.2 Å². The van der Waals surface area contributed by atoms with Crippen LogP contribution >= 0.6 is 23.2 Å². The Morgan fingerprint density at radius 3 is 1.55 bits per heavy atom. The summed E-state index contributed by atoms with van der Waals surface area (Å²) in [4.78, 5) is 0. The van der Waals surface area contributed by atoms with Crippen molar-refractivity contribution < 1.29 is 13.2 Å². The van der Waals surface area contributed by atoms with Crippen molar-refractivity contribution in [1.82, 2.24) is 0 Å². The number of hydrogen-bond acceptors (Lipinski definition) is 0. The van der Waals surface area contributed by atoms with Gasteiger partial charge in [-0.1, -0.05) is 6.92 Å². The van der Waals surface area contributed by atoms with Gasteiger partial charge in [0.05, 0.1) is 0 Å². The Morgan fingerprint density at radius 2 is 1.55 bits per heavy atom. The Kier molecular flexibility index (Phi) is 8.92. The fraction of sp³-hybridized carbons (Fsp3) is 1.00. The van der Waals surface area contributed by atoms with Crippen molar-refractivity contribution in [3.63, 3.8) is 0 Å². The lowest BCUT2D eigenvalue weighted by Crippen LogP contribution is -2.02. The molecule has 0 N–H and O–H groups in total. The zero-order chi connectivity index (χ0) is 9.49. The van der Waals surface area contributed by atoms with Crippen LogP contribution < -0.4 is 0 Å². The third-order valence-corrected chi connectivity index (χ3v) is 1.39. The summed E-state index contributed by atoms with van der Waals surface area (Å²) < 4.78 is 32.4. The minimum absolute atomic E-state index is 0.122. The molecule has 0 aliphatic rings. The lowest BCUT2D eigenvalue weighted by Gasteiger charge is -1.96. The molecular weight excluding hydrogens is 200 g/mol. The minimum Gasteiger partial charge on any atom is -0.171 e. The zero-order valence-corrected chi connectivity index (χ0v) is 7.89. The Labute approximate surface area is 74.7 Å². The maximum Gasteiger partial charge on any atom is 0.388 e. The lowest BCUT2D eigenvalue weighted by atomic mass is 10.5. The second-order valence-electron chi connectivity index (χ2n) is 1.90. The minimum atomic E-state index is -3.96. The third-order valence-electron chi connectivity index (χ3n) is 0.614. The van der Waals surface area contributed by atoms with Crippen molar-refractivity contribution in [2.75, 3.05) is 5.88 Å². The molecule has 0 nitrogen and oxygen atoms in total. The summed E-state index contributed by atoms with van der Waals surface area (Å²) in [5, 5.41) is 0.122. The van der Waals surface area contributed by atoms with E-state index in [9.17, 15) is 13.2 Å². The van der Waals surface area contributed by atoms with E-state index < -0.39 is 12.6 Å². The molecule has 70 valence electrons. The largest absolute Gasteiger partial charge is 0.388 e. The Balaban J connectivity index is 0. The first-order valence-electron chi connectivity index (χ1n) is 3.10. The fourth-order valence-electron chi connectivity index (χ4n) is 0. The monoisotopic (exact) mass is 210 g/mol. The molecule has 0 aliphatic carbocycles. The molecule has 11 heavy (non-hydrogen) atoms. The average Bonchev–Trinajstić information content (AvgIpc) is 1.88. The van der Waals surface area contributed by atoms with E-state index in [4.69, 9.17) is 23.2 Å². The van der Waals surface area contributed by atoms with Gasteiger partial charge in [0.1, 0.15) is 0 Å². The molecule has 0 aromatic carbocycles. The van der Waals surface area contributed by atoms with Gasteiger partial charge in [0, 0.05) is 17.7 Å². The van der Waals surface area contributed by atoms with Gasteiger partial charge < -0.3 is 0 Å². The van der Waals surface area contributed by atoms with Crippen LogP contribution in [0.25, 0.3) is 0 Å². The first-order chi connectivity index (χ1) is 4.83. The van der Waals surface area contributed by atoms with Crippen molar-refractivity contribution in [1.29, 1.82) is 0 Å². The van der Waals surface area contributed by atoms with Crippen LogP contribution in [-0.2, 0) is 0 Å². The summed E-state index contributed by atoms with van der Waals surface area (Å²) >= 11 is 10.5. The van der Waals surface area contributed by atoms with Gasteiger partial charge in [0.15, 0.2) is 0 Å². The Bertz CT molecular complexity index is 80.4. The first-order valence-corrected chi connectivity index (χ1v) is 4.07. The quantitative estimate of drug-likeness (QED) is 0.578. The molecule has 0 bridgehead atoms. The molecule has 0 heterocycles. The molecule has 0 spiro atoms. The highest BCUT2D eigenvalue weighted by molar-refractivity contribution is 6.27. The summed E-state index contributed by atoms with van der Waals surface area (Å²) in [6.07, 6.45) is -4.69. The molecule has 0 saturated carbocycles. The smallest absolute Gasteiger partial charge is 0.171 e. The fourth-order valence-corrected chi connectivity index (χ4v) is 0. The van der Waals surface area contributed by atoms with Gasteiger partial charge in [-0.25, -0.2) is 0 Å². The number of halogens is 5. The first kappa shape index (κ1) is 13.9. The van der Waals surface area contributed by atoms with Crippen LogP contribution in [0.15, 0.2) is 0 Å². The number of hydrogen-bond donors (Lipinski definition) is 0. The summed E-state index contributed by atoms with van der Waals surface area (Å²) in [6, 6.07) is 0. The molecule has 0 saturated heterocycles. The molecule has 0 aromatic rings. The zero-order valence-electron chi connectivity index (χ0n) is 6.38. The average molecular weight is 211 g/mol. The van der Waals surface area contributed by atoms with Gasteiger partial charge in [0.2, 0.25) is 0 Å². The standard InChI is InChI=1S/C3H6Cl2.C3H5F3/c1-3(5)2-4;1-2-3(4,5)6/h3H,2H2,1H3;2H2,1H3. The van der Waals surface area contributed by atoms with E-state index in [1.807, 2.05) is 6.92 Å². The summed E-state index contributed by atoms with van der Waals surface area (Å²) in [7, 11) is 0. The van der Waals surface area contributed by atoms with Crippen molar-refractivity contribution in [2.45, 2.75) is 31.8 Å². The van der Waals surface area contributed by atoms with E-state index >= 15 is 0 Å². The highest BCUT2D eigenvalue weighted by Crippen LogP contribution is 2.17. The van der Waals surface area contributed by atoms with Crippen molar-refractivity contribution in [3.05, 3.63) is 0 Å². The molecule has 0 aromatic heterocycles. The Hall–Kier alpha value is 0.370. The van der Waals surface area contributed by atoms with Gasteiger partial charge in [-0.2, -0.15) is 13.2 Å². The van der Waals surface area contributed by atoms with Crippen LogP contribution in [-0.4, -0.2) is 17.4 Å². The molecule has 0 rings (SSSR count). The van der Waals surface area contributed by atoms with E-state index in [2.05, 4.69) is 0 Å². The summed E-state index contributed by atoms with van der Waals surface area (Å²) in [5.41, 5.74) is 0. The molecule has 5 heteroatoms. The van der Waals surface area contributed by atoms with Crippen LogP contribution in [0.1, 0.15) is 20.3 Å². The molecular formula is C6H11Cl2F3. The summed E-state index contributed by atoms with van der Waals surface area (Å²) in [6.45, 7) is 2.94. The third kappa shape index (κ3) is 25.2. The highest BCUT2D eigenvalue weighted by atomic mass is 35.5. The molecule has 0 fully saturated rings. The van der Waals surface area contributed by atoms with Gasteiger partial charge >= 0.3 is 6.18 Å². The SMILES string of the molecule is CC(Cl)CCl.CCC(F)(F)F. The van der Waals surface area contributed by atoms with Gasteiger partial charge in [-0.05, 0) is 6.92 Å². The molecule has 0 aliphatic heterocycles. The maximum absolute atomic E-state index is 10.8. The van der Waals surface area contributed by atoms with Crippen LogP contribution in [0.3, 0.4) is 0 Å². The van der Waals surface area contributed by atoms with Crippen molar-refractivity contribution >= 4 is 23.2 Å². The van der Waals surface area contributed by atoms with Crippen molar-refractivity contribution in [2.24, 2.45) is 0 Å². The van der Waals surface area contributed by atoms with Crippen molar-refractivity contribution in [3.8, 4) is 0 Å². The second kappa shape index (κ2) is 7.04. The lowest BCUT2D eigenvalue weighted by molar-refractivity contribution is -0.130. The van der Waals surface area contributed by atoms with Gasteiger partial charge in [-0.3, -0.25) is 0 Å². The van der Waals surface area contributed by atoms with E-state index in [-0.39, 0.29) is 5.38 Å². The second-order valence-corrected chi connectivity index (χ2v) is 2.96. The van der Waals surface area contributed by atoms with E-state index in [0.29, 0.717) is 5.88 Å². The van der Waals surface area contributed by atoms with Crippen LogP contribution in [0, 0.1) is 0 Å². The predicted octanol–water partition coefficient (Wildman–Crippen LogP) is 3.81. The summed E-state index contributed by atoms with van der Waals surface area (Å²) in [5.74, 6) is 0.543. The van der Waals surface area contributed by atoms with E-state index in [0.717, 1.165) is 6.92 Å². The van der Waals surface area contributed by atoms with Crippen LogP contribution in [0.2, 0.25) is 0 Å².